The first-order chi connectivity index (χ1) is 19.3. The number of fused-ring (bicyclic) bond motifs is 2. The van der Waals surface area contributed by atoms with E-state index in [0.29, 0.717) is 23.7 Å². The Bertz CT molecular complexity index is 1380. The SMILES string of the molecule is C[C@@]12/C=C\CCCOC(=O)[C@@H]1[C@H]1C(=O)N([C@H](CO)c3ccccc3)C3C(=O)N(c4ccc(Cl)cc4)CC=C[C@@]31S2. The Hall–Kier alpha value is -3.07. The Morgan fingerprint density at radius 3 is 2.50 bits per heavy atom. The molecule has 9 heteroatoms. The van der Waals surface area contributed by atoms with Crippen molar-refractivity contribution in [2.24, 2.45) is 11.8 Å². The second-order valence-electron chi connectivity index (χ2n) is 10.9. The minimum absolute atomic E-state index is 0.266. The quantitative estimate of drug-likeness (QED) is 0.423. The molecule has 4 aliphatic rings. The van der Waals surface area contributed by atoms with E-state index in [2.05, 4.69) is 6.08 Å². The average molecular weight is 579 g/mol. The number of carbonyl (C=O) groups excluding carboxylic acids is 3. The van der Waals surface area contributed by atoms with Gasteiger partial charge >= 0.3 is 5.97 Å². The summed E-state index contributed by atoms with van der Waals surface area (Å²) in [7, 11) is 0. The number of ether oxygens (including phenoxy) is 1. The molecular formula is C31H31ClN2O5S. The van der Waals surface area contributed by atoms with Gasteiger partial charge in [0.05, 0.1) is 35.8 Å². The van der Waals surface area contributed by atoms with Crippen LogP contribution in [0.5, 0.6) is 0 Å². The lowest BCUT2D eigenvalue weighted by atomic mass is 9.74. The van der Waals surface area contributed by atoms with Crippen molar-refractivity contribution in [2.45, 2.75) is 41.3 Å². The van der Waals surface area contributed by atoms with Crippen LogP contribution >= 0.6 is 23.4 Å². The molecule has 1 unspecified atom stereocenters. The van der Waals surface area contributed by atoms with Crippen molar-refractivity contribution < 1.29 is 24.2 Å². The summed E-state index contributed by atoms with van der Waals surface area (Å²) in [6.45, 7) is 2.17. The van der Waals surface area contributed by atoms with Crippen LogP contribution in [0.15, 0.2) is 78.9 Å². The summed E-state index contributed by atoms with van der Waals surface area (Å²) in [6.07, 6.45) is 9.43. The van der Waals surface area contributed by atoms with Gasteiger partial charge in [-0.1, -0.05) is 66.2 Å². The number of aliphatic hydroxyl groups is 1. The molecule has 2 fully saturated rings. The number of cyclic esters (lactones) is 1. The van der Waals surface area contributed by atoms with Crippen molar-refractivity contribution in [3.8, 4) is 0 Å². The molecule has 208 valence electrons. The zero-order valence-corrected chi connectivity index (χ0v) is 23.7. The van der Waals surface area contributed by atoms with Crippen LogP contribution in [0, 0.1) is 11.8 Å². The zero-order chi connectivity index (χ0) is 28.1. The van der Waals surface area contributed by atoms with Crippen LogP contribution in [0.3, 0.4) is 0 Å². The summed E-state index contributed by atoms with van der Waals surface area (Å²) in [5.74, 6) is -2.64. The number of hydrogen-bond acceptors (Lipinski definition) is 6. The van der Waals surface area contributed by atoms with Crippen molar-refractivity contribution in [1.82, 2.24) is 4.90 Å². The summed E-state index contributed by atoms with van der Waals surface area (Å²) in [5.41, 5.74) is 1.38. The van der Waals surface area contributed by atoms with Gasteiger partial charge in [0, 0.05) is 22.0 Å². The molecular weight excluding hydrogens is 548 g/mol. The van der Waals surface area contributed by atoms with Crippen LogP contribution in [-0.2, 0) is 19.1 Å². The molecule has 2 aromatic rings. The first-order valence-electron chi connectivity index (χ1n) is 13.6. The Balaban J connectivity index is 1.54. The van der Waals surface area contributed by atoms with E-state index in [-0.39, 0.29) is 25.0 Å². The van der Waals surface area contributed by atoms with Gasteiger partial charge in [0.15, 0.2) is 0 Å². The number of amides is 2. The maximum atomic E-state index is 14.7. The van der Waals surface area contributed by atoms with Crippen molar-refractivity contribution in [3.63, 3.8) is 0 Å². The molecule has 0 aromatic heterocycles. The van der Waals surface area contributed by atoms with Crippen molar-refractivity contribution >= 4 is 46.8 Å². The molecule has 1 N–H and O–H groups in total. The van der Waals surface area contributed by atoms with Gasteiger partial charge in [0.25, 0.3) is 5.91 Å². The number of anilines is 1. The van der Waals surface area contributed by atoms with Crippen LogP contribution in [0.2, 0.25) is 5.02 Å². The van der Waals surface area contributed by atoms with Gasteiger partial charge in [0.2, 0.25) is 5.91 Å². The highest BCUT2D eigenvalue weighted by Gasteiger charge is 2.74. The third-order valence-electron chi connectivity index (χ3n) is 8.52. The molecule has 2 aromatic carbocycles. The molecule has 2 saturated heterocycles. The van der Waals surface area contributed by atoms with Gasteiger partial charge in [-0.15, -0.1) is 11.8 Å². The summed E-state index contributed by atoms with van der Waals surface area (Å²) < 4.78 is 3.90. The van der Waals surface area contributed by atoms with Crippen LogP contribution in [-0.4, -0.2) is 63.1 Å². The highest BCUT2D eigenvalue weighted by atomic mass is 35.5. The predicted octanol–water partition coefficient (Wildman–Crippen LogP) is 4.56. The Morgan fingerprint density at radius 1 is 1.02 bits per heavy atom. The van der Waals surface area contributed by atoms with Crippen LogP contribution in [0.1, 0.15) is 31.4 Å². The standard InChI is InChI=1S/C31H31ClN2O5S/c1-30-15-6-3-7-18-39-29(38)25(30)24-27(36)34(23(19-35)20-9-4-2-5-10-20)26-28(37)33(17-8-16-31(24,26)40-30)22-13-11-21(32)12-14-22/h2,4-6,8-16,23-26,35H,3,7,17-19H2,1H3/b15-6-/t23-,24+,25+,26?,30-,31+/m1/s1. The smallest absolute Gasteiger partial charge is 0.311 e. The van der Waals surface area contributed by atoms with Gasteiger partial charge in [-0.05, 0) is 49.6 Å². The number of esters is 1. The number of thioether (sulfide) groups is 1. The number of likely N-dealkylation sites (tertiary alicyclic amines) is 1. The summed E-state index contributed by atoms with van der Waals surface area (Å²) >= 11 is 7.63. The van der Waals surface area contributed by atoms with Crippen LogP contribution in [0.25, 0.3) is 0 Å². The number of benzene rings is 2. The lowest BCUT2D eigenvalue weighted by Crippen LogP contribution is -2.54. The molecule has 6 rings (SSSR count). The summed E-state index contributed by atoms with van der Waals surface area (Å²) in [4.78, 5) is 46.1. The lowest BCUT2D eigenvalue weighted by Gasteiger charge is -2.39. The van der Waals surface area contributed by atoms with Crippen molar-refractivity contribution in [1.29, 1.82) is 0 Å². The number of halogens is 1. The van der Waals surface area contributed by atoms with E-state index in [4.69, 9.17) is 16.3 Å². The molecule has 0 bridgehead atoms. The zero-order valence-electron chi connectivity index (χ0n) is 22.1. The van der Waals surface area contributed by atoms with E-state index in [0.717, 1.165) is 12.0 Å². The monoisotopic (exact) mass is 578 g/mol. The highest BCUT2D eigenvalue weighted by Crippen LogP contribution is 2.66. The van der Waals surface area contributed by atoms with Gasteiger partial charge in [-0.3, -0.25) is 14.4 Å². The molecule has 40 heavy (non-hydrogen) atoms. The second-order valence-corrected chi connectivity index (χ2v) is 13.1. The fourth-order valence-electron chi connectivity index (χ4n) is 6.79. The average Bonchev–Trinajstić information content (AvgIpc) is 3.30. The molecule has 0 radical (unpaired) electrons. The van der Waals surface area contributed by atoms with E-state index in [1.54, 1.807) is 29.2 Å². The second kappa shape index (κ2) is 10.4. The van der Waals surface area contributed by atoms with E-state index in [9.17, 15) is 19.5 Å². The maximum Gasteiger partial charge on any atom is 0.311 e. The molecule has 0 aliphatic carbocycles. The van der Waals surface area contributed by atoms with Crippen molar-refractivity contribution in [3.05, 3.63) is 89.5 Å². The number of hydrogen-bond donors (Lipinski definition) is 1. The molecule has 6 atom stereocenters. The molecule has 0 saturated carbocycles. The van der Waals surface area contributed by atoms with Crippen molar-refractivity contribution in [2.75, 3.05) is 24.7 Å². The molecule has 7 nitrogen and oxygen atoms in total. The summed E-state index contributed by atoms with van der Waals surface area (Å²) in [5, 5.41) is 11.2. The van der Waals surface area contributed by atoms with Crippen LogP contribution in [0.4, 0.5) is 5.69 Å². The first-order valence-corrected chi connectivity index (χ1v) is 14.8. The predicted molar refractivity (Wildman–Crippen MR) is 155 cm³/mol. The lowest BCUT2D eigenvalue weighted by molar-refractivity contribution is -0.154. The molecule has 4 heterocycles. The maximum absolute atomic E-state index is 14.7. The van der Waals surface area contributed by atoms with Gasteiger partial charge < -0.3 is 19.6 Å². The van der Waals surface area contributed by atoms with E-state index >= 15 is 0 Å². The first kappa shape index (κ1) is 27.1. The molecule has 2 amide bonds. The largest absolute Gasteiger partial charge is 0.465 e. The Kier molecular flexibility index (Phi) is 7.05. The fraction of sp³-hybridized carbons (Fsp3) is 0.387. The fourth-order valence-corrected chi connectivity index (χ4v) is 9.06. The van der Waals surface area contributed by atoms with E-state index in [1.807, 2.05) is 55.5 Å². The topological polar surface area (TPSA) is 87.1 Å². The number of nitrogens with zero attached hydrogens (tertiary/aromatic N) is 2. The van der Waals surface area contributed by atoms with E-state index in [1.165, 1.54) is 16.7 Å². The van der Waals surface area contributed by atoms with E-state index < -0.39 is 39.4 Å². The normalized spacial score (nSPS) is 33.2. The minimum Gasteiger partial charge on any atom is -0.465 e. The van der Waals surface area contributed by atoms with Gasteiger partial charge in [0.1, 0.15) is 6.04 Å². The summed E-state index contributed by atoms with van der Waals surface area (Å²) in [6, 6.07) is 14.5. The number of rotatable bonds is 4. The highest BCUT2D eigenvalue weighted by molar-refractivity contribution is 8.02. The Morgan fingerprint density at radius 2 is 1.77 bits per heavy atom. The number of carbonyl (C=O) groups is 3. The number of aliphatic hydroxyl groups excluding tert-OH is 1. The molecule has 4 aliphatic heterocycles. The van der Waals surface area contributed by atoms with Gasteiger partial charge in [-0.2, -0.15) is 0 Å². The number of allylic oxidation sites excluding steroid dienone is 1. The van der Waals surface area contributed by atoms with Crippen LogP contribution < -0.4 is 4.90 Å². The minimum atomic E-state index is -1.04. The third-order valence-corrected chi connectivity index (χ3v) is 10.6. The molecule has 1 spiro atoms. The van der Waals surface area contributed by atoms with Gasteiger partial charge in [-0.25, -0.2) is 0 Å². The third kappa shape index (κ3) is 4.19. The Labute approximate surface area is 242 Å².